The number of nitriles is 1. The zero-order valence-electron chi connectivity index (χ0n) is 9.83. The first-order valence-corrected chi connectivity index (χ1v) is 5.64. The van der Waals surface area contributed by atoms with E-state index in [0.717, 1.165) is 18.4 Å². The maximum atomic E-state index is 9.48. The predicted octanol–water partition coefficient (Wildman–Crippen LogP) is 3.90. The van der Waals surface area contributed by atoms with Gasteiger partial charge in [0.15, 0.2) is 0 Å². The molecule has 1 heteroatoms. The SMILES string of the molecule is CCCC(C#N)(c1ccccc1)C(C)C. The van der Waals surface area contributed by atoms with Crippen LogP contribution in [0.4, 0.5) is 0 Å². The van der Waals surface area contributed by atoms with Gasteiger partial charge in [0.25, 0.3) is 0 Å². The van der Waals surface area contributed by atoms with Crippen molar-refractivity contribution in [3.8, 4) is 6.07 Å². The summed E-state index contributed by atoms with van der Waals surface area (Å²) < 4.78 is 0. The molecule has 1 aromatic carbocycles. The van der Waals surface area contributed by atoms with Crippen LogP contribution in [0.25, 0.3) is 0 Å². The maximum Gasteiger partial charge on any atom is 0.0845 e. The van der Waals surface area contributed by atoms with Gasteiger partial charge < -0.3 is 0 Å². The largest absolute Gasteiger partial charge is 0.197 e. The highest BCUT2D eigenvalue weighted by Crippen LogP contribution is 2.36. The van der Waals surface area contributed by atoms with E-state index in [9.17, 15) is 5.26 Å². The van der Waals surface area contributed by atoms with Crippen LogP contribution >= 0.6 is 0 Å². The van der Waals surface area contributed by atoms with Crippen molar-refractivity contribution in [3.63, 3.8) is 0 Å². The summed E-state index contributed by atoms with van der Waals surface area (Å²) in [6.07, 6.45) is 1.98. The van der Waals surface area contributed by atoms with Gasteiger partial charge in [0.1, 0.15) is 0 Å². The molecule has 0 spiro atoms. The summed E-state index contributed by atoms with van der Waals surface area (Å²) in [6, 6.07) is 12.7. The Labute approximate surface area is 92.7 Å². The van der Waals surface area contributed by atoms with Crippen LogP contribution in [0, 0.1) is 17.2 Å². The highest BCUT2D eigenvalue weighted by Gasteiger charge is 2.34. The summed E-state index contributed by atoms with van der Waals surface area (Å²) in [5.74, 6) is 0.352. The molecule has 0 amide bonds. The summed E-state index contributed by atoms with van der Waals surface area (Å²) in [5.41, 5.74) is 0.847. The Morgan fingerprint density at radius 2 is 1.87 bits per heavy atom. The molecule has 0 fully saturated rings. The molecular formula is C14H19N. The molecule has 1 rings (SSSR count). The molecule has 0 N–H and O–H groups in total. The molecule has 0 aliphatic rings. The average molecular weight is 201 g/mol. The molecular weight excluding hydrogens is 182 g/mol. The van der Waals surface area contributed by atoms with Crippen LogP contribution in [-0.4, -0.2) is 0 Å². The second-order valence-electron chi connectivity index (χ2n) is 4.35. The third-order valence-corrected chi connectivity index (χ3v) is 3.12. The smallest absolute Gasteiger partial charge is 0.0845 e. The van der Waals surface area contributed by atoms with Crippen molar-refractivity contribution in [2.45, 2.75) is 39.0 Å². The molecule has 1 aromatic rings. The Bertz CT molecular complexity index is 334. The summed E-state index contributed by atoms with van der Waals surface area (Å²) in [5, 5.41) is 9.48. The van der Waals surface area contributed by atoms with Gasteiger partial charge in [-0.25, -0.2) is 0 Å². The highest BCUT2D eigenvalue weighted by molar-refractivity contribution is 5.33. The Balaban J connectivity index is 3.17. The van der Waals surface area contributed by atoms with Crippen LogP contribution in [0.3, 0.4) is 0 Å². The average Bonchev–Trinajstić information content (AvgIpc) is 2.26. The maximum absolute atomic E-state index is 9.48. The third-order valence-electron chi connectivity index (χ3n) is 3.12. The first kappa shape index (κ1) is 11.8. The van der Waals surface area contributed by atoms with E-state index in [0.29, 0.717) is 5.92 Å². The fourth-order valence-corrected chi connectivity index (χ4v) is 2.15. The Morgan fingerprint density at radius 1 is 1.27 bits per heavy atom. The lowest BCUT2D eigenvalue weighted by Crippen LogP contribution is -2.30. The van der Waals surface area contributed by atoms with Gasteiger partial charge >= 0.3 is 0 Å². The van der Waals surface area contributed by atoms with E-state index in [2.05, 4.69) is 39.0 Å². The number of hydrogen-bond acceptors (Lipinski definition) is 1. The standard InChI is InChI=1S/C14H19N/c1-4-10-14(11-15,12(2)3)13-8-6-5-7-9-13/h5-9,12H,4,10H2,1-3H3. The van der Waals surface area contributed by atoms with E-state index in [1.54, 1.807) is 0 Å². The minimum absolute atomic E-state index is 0.310. The van der Waals surface area contributed by atoms with Gasteiger partial charge in [-0.15, -0.1) is 0 Å². The van der Waals surface area contributed by atoms with E-state index in [1.807, 2.05) is 18.2 Å². The quantitative estimate of drug-likeness (QED) is 0.724. The zero-order valence-corrected chi connectivity index (χ0v) is 9.83. The molecule has 1 nitrogen and oxygen atoms in total. The van der Waals surface area contributed by atoms with Crippen LogP contribution in [0.2, 0.25) is 0 Å². The molecule has 0 saturated heterocycles. The van der Waals surface area contributed by atoms with Crippen LogP contribution in [0.5, 0.6) is 0 Å². The van der Waals surface area contributed by atoms with Crippen molar-refractivity contribution in [2.24, 2.45) is 5.92 Å². The summed E-state index contributed by atoms with van der Waals surface area (Å²) in [6.45, 7) is 6.40. The lowest BCUT2D eigenvalue weighted by Gasteiger charge is -2.31. The molecule has 0 aliphatic carbocycles. The normalized spacial score (nSPS) is 14.6. The monoisotopic (exact) mass is 201 g/mol. The van der Waals surface area contributed by atoms with E-state index >= 15 is 0 Å². The fraction of sp³-hybridized carbons (Fsp3) is 0.500. The molecule has 80 valence electrons. The van der Waals surface area contributed by atoms with Crippen molar-refractivity contribution in [1.29, 1.82) is 5.26 Å². The summed E-state index contributed by atoms with van der Waals surface area (Å²) in [7, 11) is 0. The Kier molecular flexibility index (Phi) is 3.91. The van der Waals surface area contributed by atoms with Crippen molar-refractivity contribution in [2.75, 3.05) is 0 Å². The van der Waals surface area contributed by atoms with Crippen LogP contribution < -0.4 is 0 Å². The lowest BCUT2D eigenvalue weighted by molar-refractivity contribution is 0.365. The highest BCUT2D eigenvalue weighted by atomic mass is 14.4. The predicted molar refractivity (Wildman–Crippen MR) is 63.5 cm³/mol. The fourth-order valence-electron chi connectivity index (χ4n) is 2.15. The summed E-state index contributed by atoms with van der Waals surface area (Å²) >= 11 is 0. The second kappa shape index (κ2) is 4.98. The zero-order chi connectivity index (χ0) is 11.3. The minimum Gasteiger partial charge on any atom is -0.197 e. The molecule has 15 heavy (non-hydrogen) atoms. The Morgan fingerprint density at radius 3 is 2.27 bits per heavy atom. The molecule has 0 saturated carbocycles. The van der Waals surface area contributed by atoms with Gasteiger partial charge in [0.2, 0.25) is 0 Å². The van der Waals surface area contributed by atoms with Crippen LogP contribution in [-0.2, 0) is 5.41 Å². The van der Waals surface area contributed by atoms with Gasteiger partial charge in [-0.05, 0) is 17.9 Å². The molecule has 0 aromatic heterocycles. The van der Waals surface area contributed by atoms with Crippen molar-refractivity contribution < 1.29 is 0 Å². The van der Waals surface area contributed by atoms with Gasteiger partial charge in [-0.2, -0.15) is 5.26 Å². The number of benzene rings is 1. The van der Waals surface area contributed by atoms with Gasteiger partial charge in [-0.1, -0.05) is 57.5 Å². The summed E-state index contributed by atoms with van der Waals surface area (Å²) in [4.78, 5) is 0. The number of hydrogen-bond donors (Lipinski definition) is 0. The molecule has 0 heterocycles. The molecule has 0 radical (unpaired) electrons. The number of rotatable bonds is 4. The molecule has 1 unspecified atom stereocenters. The van der Waals surface area contributed by atoms with Crippen LogP contribution in [0.15, 0.2) is 30.3 Å². The van der Waals surface area contributed by atoms with Gasteiger partial charge in [-0.3, -0.25) is 0 Å². The Hall–Kier alpha value is -1.29. The van der Waals surface area contributed by atoms with Crippen molar-refractivity contribution >= 4 is 0 Å². The molecule has 0 bridgehead atoms. The van der Waals surface area contributed by atoms with E-state index in [1.165, 1.54) is 0 Å². The van der Waals surface area contributed by atoms with Crippen molar-refractivity contribution in [1.82, 2.24) is 0 Å². The van der Waals surface area contributed by atoms with E-state index in [4.69, 9.17) is 0 Å². The van der Waals surface area contributed by atoms with E-state index in [-0.39, 0.29) is 5.41 Å². The van der Waals surface area contributed by atoms with Crippen molar-refractivity contribution in [3.05, 3.63) is 35.9 Å². The third kappa shape index (κ3) is 2.21. The molecule has 0 aliphatic heterocycles. The molecule has 1 atom stereocenters. The lowest BCUT2D eigenvalue weighted by atomic mass is 9.70. The first-order chi connectivity index (χ1) is 7.17. The van der Waals surface area contributed by atoms with Crippen LogP contribution in [0.1, 0.15) is 39.2 Å². The second-order valence-corrected chi connectivity index (χ2v) is 4.35. The first-order valence-electron chi connectivity index (χ1n) is 5.64. The minimum atomic E-state index is -0.310. The van der Waals surface area contributed by atoms with Gasteiger partial charge in [0, 0.05) is 0 Å². The topological polar surface area (TPSA) is 23.8 Å². The van der Waals surface area contributed by atoms with Gasteiger partial charge in [0.05, 0.1) is 11.5 Å². The van der Waals surface area contributed by atoms with E-state index < -0.39 is 0 Å². The number of nitrogens with zero attached hydrogens (tertiary/aromatic N) is 1.